The van der Waals surface area contributed by atoms with E-state index in [0.717, 1.165) is 25.7 Å². The second-order valence-electron chi connectivity index (χ2n) is 9.40. The van der Waals surface area contributed by atoms with Crippen LogP contribution in [0.5, 0.6) is 5.75 Å². The van der Waals surface area contributed by atoms with Crippen LogP contribution in [-0.4, -0.2) is 17.7 Å². The molecule has 184 valence electrons. The molecule has 0 aliphatic rings. The number of carbonyl (C=O) groups excluding carboxylic acids is 1. The van der Waals surface area contributed by atoms with Crippen LogP contribution in [0.2, 0.25) is 0 Å². The second-order valence-corrected chi connectivity index (χ2v) is 9.40. The largest absolute Gasteiger partial charge is 0.508 e. The van der Waals surface area contributed by atoms with E-state index < -0.39 is 0 Å². The molecule has 0 aliphatic heterocycles. The minimum atomic E-state index is -0.0586. The molecule has 0 atom stereocenters. The van der Waals surface area contributed by atoms with E-state index in [9.17, 15) is 9.90 Å². The topological polar surface area (TPSA) is 46.5 Å². The fourth-order valence-corrected chi connectivity index (χ4v) is 4.17. The number of esters is 1. The Balaban J connectivity index is 1.75. The Morgan fingerprint density at radius 3 is 1.62 bits per heavy atom. The zero-order valence-corrected chi connectivity index (χ0v) is 20.9. The van der Waals surface area contributed by atoms with Crippen molar-refractivity contribution in [3.8, 4) is 5.75 Å². The van der Waals surface area contributed by atoms with Gasteiger partial charge in [-0.2, -0.15) is 0 Å². The number of phenolic OH excluding ortho intramolecular Hbond substituents is 1. The number of aromatic hydroxyl groups is 1. The van der Waals surface area contributed by atoms with E-state index in [2.05, 4.69) is 6.92 Å². The highest BCUT2D eigenvalue weighted by Gasteiger charge is 2.03. The van der Waals surface area contributed by atoms with Crippen LogP contribution in [0.15, 0.2) is 24.3 Å². The molecule has 3 heteroatoms. The lowest BCUT2D eigenvalue weighted by Crippen LogP contribution is -2.05. The Morgan fingerprint density at radius 2 is 1.12 bits per heavy atom. The van der Waals surface area contributed by atoms with E-state index in [4.69, 9.17) is 4.74 Å². The van der Waals surface area contributed by atoms with E-state index in [1.54, 1.807) is 12.1 Å². The van der Waals surface area contributed by atoms with Crippen molar-refractivity contribution in [2.24, 2.45) is 0 Å². The molecule has 0 saturated heterocycles. The fourth-order valence-electron chi connectivity index (χ4n) is 4.17. The molecule has 0 heterocycles. The van der Waals surface area contributed by atoms with Crippen LogP contribution in [0.25, 0.3) is 0 Å². The van der Waals surface area contributed by atoms with Gasteiger partial charge in [-0.05, 0) is 43.4 Å². The molecule has 0 radical (unpaired) electrons. The summed E-state index contributed by atoms with van der Waals surface area (Å²) in [5.41, 5.74) is 1.20. The van der Waals surface area contributed by atoms with Crippen LogP contribution >= 0.6 is 0 Å². The number of rotatable bonds is 22. The van der Waals surface area contributed by atoms with Crippen LogP contribution in [0, 0.1) is 0 Å². The SMILES string of the molecule is CCCCCCCCCCCCCCCCCCOC(=O)CCCCc1ccc(O)cc1. The van der Waals surface area contributed by atoms with Gasteiger partial charge < -0.3 is 9.84 Å². The molecule has 1 aromatic carbocycles. The standard InChI is InChI=1S/C29H50O3/c1-2-3-4-5-6-7-8-9-10-11-12-13-14-15-16-19-26-32-29(31)21-18-17-20-27-22-24-28(30)25-23-27/h22-25,30H,2-21,26H2,1H3. The third-order valence-corrected chi connectivity index (χ3v) is 6.29. The lowest BCUT2D eigenvalue weighted by atomic mass is 10.0. The lowest BCUT2D eigenvalue weighted by molar-refractivity contribution is -0.143. The zero-order chi connectivity index (χ0) is 23.1. The number of unbranched alkanes of at least 4 members (excludes halogenated alkanes) is 16. The summed E-state index contributed by atoms with van der Waals surface area (Å²) in [7, 11) is 0. The van der Waals surface area contributed by atoms with Crippen molar-refractivity contribution in [3.63, 3.8) is 0 Å². The first-order chi connectivity index (χ1) is 15.7. The number of aryl methyl sites for hydroxylation is 1. The normalized spacial score (nSPS) is 11.0. The second kappa shape index (κ2) is 21.3. The average molecular weight is 447 g/mol. The average Bonchev–Trinajstić information content (AvgIpc) is 2.80. The first-order valence-electron chi connectivity index (χ1n) is 13.7. The Morgan fingerprint density at radius 1 is 0.656 bits per heavy atom. The van der Waals surface area contributed by atoms with Crippen molar-refractivity contribution >= 4 is 5.97 Å². The summed E-state index contributed by atoms with van der Waals surface area (Å²) >= 11 is 0. The monoisotopic (exact) mass is 446 g/mol. The maximum atomic E-state index is 11.8. The smallest absolute Gasteiger partial charge is 0.305 e. The van der Waals surface area contributed by atoms with Gasteiger partial charge in [0.2, 0.25) is 0 Å². The Hall–Kier alpha value is -1.51. The van der Waals surface area contributed by atoms with Crippen LogP contribution in [0.1, 0.15) is 134 Å². The summed E-state index contributed by atoms with van der Waals surface area (Å²) in [6.07, 6.45) is 25.0. The molecule has 0 fully saturated rings. The minimum absolute atomic E-state index is 0.0586. The van der Waals surface area contributed by atoms with Gasteiger partial charge in [0.25, 0.3) is 0 Å². The number of benzene rings is 1. The van der Waals surface area contributed by atoms with E-state index in [0.29, 0.717) is 18.8 Å². The summed E-state index contributed by atoms with van der Waals surface area (Å²) < 4.78 is 5.36. The van der Waals surface area contributed by atoms with Crippen molar-refractivity contribution in [1.82, 2.24) is 0 Å². The predicted molar refractivity (Wildman–Crippen MR) is 136 cm³/mol. The molecule has 0 saturated carbocycles. The number of phenols is 1. The molecule has 1 rings (SSSR count). The molecule has 0 unspecified atom stereocenters. The molecule has 32 heavy (non-hydrogen) atoms. The number of ether oxygens (including phenoxy) is 1. The third-order valence-electron chi connectivity index (χ3n) is 6.29. The van der Waals surface area contributed by atoms with Gasteiger partial charge in [-0.15, -0.1) is 0 Å². The van der Waals surface area contributed by atoms with Gasteiger partial charge in [-0.1, -0.05) is 115 Å². The quantitative estimate of drug-likeness (QED) is 0.143. The van der Waals surface area contributed by atoms with Crippen molar-refractivity contribution < 1.29 is 14.6 Å². The number of carbonyl (C=O) groups is 1. The van der Waals surface area contributed by atoms with Crippen molar-refractivity contribution in [1.29, 1.82) is 0 Å². The van der Waals surface area contributed by atoms with Crippen LogP contribution < -0.4 is 0 Å². The summed E-state index contributed by atoms with van der Waals surface area (Å²) in [6.45, 7) is 2.86. The van der Waals surface area contributed by atoms with Gasteiger partial charge in [-0.3, -0.25) is 4.79 Å². The first kappa shape index (κ1) is 28.5. The van der Waals surface area contributed by atoms with Crippen LogP contribution in [-0.2, 0) is 16.0 Å². The van der Waals surface area contributed by atoms with Gasteiger partial charge in [-0.25, -0.2) is 0 Å². The highest BCUT2D eigenvalue weighted by atomic mass is 16.5. The summed E-state index contributed by atoms with van der Waals surface area (Å²) in [6, 6.07) is 7.29. The molecule has 0 bridgehead atoms. The Bertz CT molecular complexity index is 538. The molecular weight excluding hydrogens is 396 g/mol. The fraction of sp³-hybridized carbons (Fsp3) is 0.759. The van der Waals surface area contributed by atoms with E-state index in [1.807, 2.05) is 12.1 Å². The van der Waals surface area contributed by atoms with E-state index in [-0.39, 0.29) is 5.97 Å². The minimum Gasteiger partial charge on any atom is -0.508 e. The summed E-state index contributed by atoms with van der Waals surface area (Å²) in [4.78, 5) is 11.8. The first-order valence-corrected chi connectivity index (χ1v) is 13.7. The maximum Gasteiger partial charge on any atom is 0.305 e. The molecular formula is C29H50O3. The summed E-state index contributed by atoms with van der Waals surface area (Å²) in [5, 5.41) is 9.28. The lowest BCUT2D eigenvalue weighted by Gasteiger charge is -2.06. The highest BCUT2D eigenvalue weighted by molar-refractivity contribution is 5.69. The van der Waals surface area contributed by atoms with Gasteiger partial charge in [0.05, 0.1) is 6.61 Å². The van der Waals surface area contributed by atoms with Crippen molar-refractivity contribution in [3.05, 3.63) is 29.8 Å². The molecule has 0 amide bonds. The number of hydrogen-bond acceptors (Lipinski definition) is 3. The van der Waals surface area contributed by atoms with Gasteiger partial charge in [0, 0.05) is 6.42 Å². The summed E-state index contributed by atoms with van der Waals surface area (Å²) in [5.74, 6) is 0.239. The van der Waals surface area contributed by atoms with E-state index in [1.165, 1.54) is 102 Å². The molecule has 0 aromatic heterocycles. The van der Waals surface area contributed by atoms with Gasteiger partial charge in [0.1, 0.15) is 5.75 Å². The molecule has 0 aliphatic carbocycles. The van der Waals surface area contributed by atoms with Gasteiger partial charge >= 0.3 is 5.97 Å². The predicted octanol–water partition coefficient (Wildman–Crippen LogP) is 8.91. The van der Waals surface area contributed by atoms with Crippen LogP contribution in [0.4, 0.5) is 0 Å². The highest BCUT2D eigenvalue weighted by Crippen LogP contribution is 2.14. The van der Waals surface area contributed by atoms with Crippen LogP contribution in [0.3, 0.4) is 0 Å². The zero-order valence-electron chi connectivity index (χ0n) is 20.9. The van der Waals surface area contributed by atoms with Crippen molar-refractivity contribution in [2.45, 2.75) is 135 Å². The van der Waals surface area contributed by atoms with Gasteiger partial charge in [0.15, 0.2) is 0 Å². The molecule has 0 spiro atoms. The third kappa shape index (κ3) is 18.1. The number of hydrogen-bond donors (Lipinski definition) is 1. The molecule has 1 N–H and O–H groups in total. The Kier molecular flexibility index (Phi) is 19.0. The molecule has 3 nitrogen and oxygen atoms in total. The molecule has 1 aromatic rings. The van der Waals surface area contributed by atoms with Crippen molar-refractivity contribution in [2.75, 3.05) is 6.61 Å². The maximum absolute atomic E-state index is 11.8. The van der Waals surface area contributed by atoms with E-state index >= 15 is 0 Å². The Labute approximate surface area is 198 Å².